The molecule has 0 unspecified atom stereocenters. The summed E-state index contributed by atoms with van der Waals surface area (Å²) >= 11 is 1.34. The minimum Gasteiger partial charge on any atom is -0.354 e. The Morgan fingerprint density at radius 2 is 2.26 bits per heavy atom. The predicted molar refractivity (Wildman–Crippen MR) is 72.0 cm³/mol. The van der Waals surface area contributed by atoms with Crippen LogP contribution in [0.2, 0.25) is 0 Å². The van der Waals surface area contributed by atoms with E-state index in [9.17, 15) is 9.59 Å². The standard InChI is InChI=1S/C12H14N4O2S/c17-11(14-4-3-9-6-13-8-16-9)7-15-12(18)10-2-1-5-19-10/h1-2,5-6,8H,3-4,7H2,(H,13,16)(H,14,17)(H,15,18). The van der Waals surface area contributed by atoms with Gasteiger partial charge in [0, 0.05) is 24.9 Å². The first-order valence-corrected chi connectivity index (χ1v) is 6.69. The van der Waals surface area contributed by atoms with E-state index in [1.165, 1.54) is 11.3 Å². The molecule has 2 aromatic heterocycles. The zero-order valence-corrected chi connectivity index (χ0v) is 11.0. The lowest BCUT2D eigenvalue weighted by Crippen LogP contribution is -2.37. The normalized spacial score (nSPS) is 10.1. The molecule has 0 saturated heterocycles. The van der Waals surface area contributed by atoms with E-state index in [0.717, 1.165) is 5.69 Å². The molecule has 0 aromatic carbocycles. The molecule has 2 amide bonds. The molecule has 0 bridgehead atoms. The maximum absolute atomic E-state index is 11.6. The molecule has 19 heavy (non-hydrogen) atoms. The first-order valence-electron chi connectivity index (χ1n) is 5.81. The predicted octanol–water partition coefficient (Wildman–Crippen LogP) is 0.560. The van der Waals surface area contributed by atoms with Crippen LogP contribution in [0.25, 0.3) is 0 Å². The van der Waals surface area contributed by atoms with Gasteiger partial charge in [-0.1, -0.05) is 6.07 Å². The maximum atomic E-state index is 11.6. The van der Waals surface area contributed by atoms with Crippen LogP contribution >= 0.6 is 11.3 Å². The molecule has 0 aliphatic carbocycles. The number of hydrogen-bond donors (Lipinski definition) is 3. The molecule has 0 aliphatic rings. The average Bonchev–Trinajstić information content (AvgIpc) is 3.08. The SMILES string of the molecule is O=C(CNC(=O)c1cccs1)NCCc1cnc[nH]1. The second kappa shape index (κ2) is 6.69. The number of imidazole rings is 1. The summed E-state index contributed by atoms with van der Waals surface area (Å²) in [7, 11) is 0. The zero-order valence-electron chi connectivity index (χ0n) is 10.2. The quantitative estimate of drug-likeness (QED) is 0.721. The van der Waals surface area contributed by atoms with Gasteiger partial charge in [-0.25, -0.2) is 4.98 Å². The highest BCUT2D eigenvalue weighted by Crippen LogP contribution is 2.07. The van der Waals surface area contributed by atoms with Gasteiger partial charge in [-0.3, -0.25) is 9.59 Å². The Labute approximate surface area is 114 Å². The topological polar surface area (TPSA) is 86.9 Å². The van der Waals surface area contributed by atoms with E-state index in [1.807, 2.05) is 5.38 Å². The lowest BCUT2D eigenvalue weighted by Gasteiger charge is -2.05. The van der Waals surface area contributed by atoms with Gasteiger partial charge in [-0.05, 0) is 11.4 Å². The maximum Gasteiger partial charge on any atom is 0.261 e. The highest BCUT2D eigenvalue weighted by Gasteiger charge is 2.08. The van der Waals surface area contributed by atoms with Gasteiger partial charge in [0.1, 0.15) is 0 Å². The molecular formula is C12H14N4O2S. The number of thiophene rings is 1. The number of amides is 2. The van der Waals surface area contributed by atoms with Gasteiger partial charge in [0.05, 0.1) is 17.7 Å². The van der Waals surface area contributed by atoms with Crippen molar-refractivity contribution in [3.8, 4) is 0 Å². The van der Waals surface area contributed by atoms with Gasteiger partial charge in [-0.2, -0.15) is 0 Å². The Kier molecular flexibility index (Phi) is 4.68. The highest BCUT2D eigenvalue weighted by atomic mass is 32.1. The number of rotatable bonds is 6. The van der Waals surface area contributed by atoms with Crippen LogP contribution < -0.4 is 10.6 Å². The largest absolute Gasteiger partial charge is 0.354 e. The molecule has 0 spiro atoms. The molecule has 7 heteroatoms. The van der Waals surface area contributed by atoms with Gasteiger partial charge >= 0.3 is 0 Å². The van der Waals surface area contributed by atoms with E-state index in [1.54, 1.807) is 24.7 Å². The van der Waals surface area contributed by atoms with Crippen LogP contribution in [-0.2, 0) is 11.2 Å². The minimum atomic E-state index is -0.223. The van der Waals surface area contributed by atoms with E-state index in [-0.39, 0.29) is 18.4 Å². The molecule has 2 aromatic rings. The second-order valence-electron chi connectivity index (χ2n) is 3.84. The average molecular weight is 278 g/mol. The van der Waals surface area contributed by atoms with Crippen LogP contribution in [-0.4, -0.2) is 34.9 Å². The van der Waals surface area contributed by atoms with Crippen LogP contribution in [0.1, 0.15) is 15.4 Å². The van der Waals surface area contributed by atoms with Crippen LogP contribution in [0.15, 0.2) is 30.0 Å². The van der Waals surface area contributed by atoms with Crippen molar-refractivity contribution in [3.63, 3.8) is 0 Å². The molecule has 3 N–H and O–H groups in total. The fourth-order valence-corrected chi connectivity index (χ4v) is 2.12. The lowest BCUT2D eigenvalue weighted by atomic mass is 10.3. The van der Waals surface area contributed by atoms with Gasteiger partial charge in [0.15, 0.2) is 0 Å². The summed E-state index contributed by atoms with van der Waals surface area (Å²) in [6.07, 6.45) is 3.99. The van der Waals surface area contributed by atoms with Crippen LogP contribution in [0.5, 0.6) is 0 Å². The van der Waals surface area contributed by atoms with Crippen molar-refractivity contribution in [2.75, 3.05) is 13.1 Å². The smallest absolute Gasteiger partial charge is 0.261 e. The Hall–Kier alpha value is -2.15. The third-order valence-electron chi connectivity index (χ3n) is 2.43. The Balaban J connectivity index is 1.63. The molecule has 2 heterocycles. The van der Waals surface area contributed by atoms with E-state index in [0.29, 0.717) is 17.8 Å². The van der Waals surface area contributed by atoms with E-state index < -0.39 is 0 Å². The van der Waals surface area contributed by atoms with Crippen LogP contribution in [0, 0.1) is 0 Å². The summed E-state index contributed by atoms with van der Waals surface area (Å²) < 4.78 is 0. The minimum absolute atomic E-state index is 0.0142. The Bertz CT molecular complexity index is 522. The van der Waals surface area contributed by atoms with Gasteiger partial charge in [-0.15, -0.1) is 11.3 Å². The Morgan fingerprint density at radius 3 is 2.95 bits per heavy atom. The number of carbonyl (C=O) groups is 2. The van der Waals surface area contributed by atoms with Gasteiger partial charge < -0.3 is 15.6 Å². The lowest BCUT2D eigenvalue weighted by molar-refractivity contribution is -0.120. The molecule has 0 aliphatic heterocycles. The van der Waals surface area contributed by atoms with Crippen molar-refractivity contribution >= 4 is 23.2 Å². The first kappa shape index (κ1) is 13.3. The highest BCUT2D eigenvalue weighted by molar-refractivity contribution is 7.12. The molecule has 0 radical (unpaired) electrons. The van der Waals surface area contributed by atoms with E-state index >= 15 is 0 Å². The monoisotopic (exact) mass is 278 g/mol. The fraction of sp³-hybridized carbons (Fsp3) is 0.250. The summed E-state index contributed by atoms with van der Waals surface area (Å²) in [6, 6.07) is 3.51. The summed E-state index contributed by atoms with van der Waals surface area (Å²) in [5.74, 6) is -0.428. The van der Waals surface area contributed by atoms with Crippen molar-refractivity contribution < 1.29 is 9.59 Å². The second-order valence-corrected chi connectivity index (χ2v) is 4.78. The zero-order chi connectivity index (χ0) is 13.5. The molecule has 0 atom stereocenters. The number of nitrogens with one attached hydrogen (secondary N) is 3. The molecule has 0 fully saturated rings. The third-order valence-corrected chi connectivity index (χ3v) is 3.29. The molecule has 0 saturated carbocycles. The first-order chi connectivity index (χ1) is 9.25. The molecular weight excluding hydrogens is 264 g/mol. The summed E-state index contributed by atoms with van der Waals surface area (Å²) in [6.45, 7) is 0.496. The van der Waals surface area contributed by atoms with Crippen molar-refractivity contribution in [1.29, 1.82) is 0 Å². The number of hydrogen-bond acceptors (Lipinski definition) is 4. The van der Waals surface area contributed by atoms with Crippen molar-refractivity contribution in [3.05, 3.63) is 40.6 Å². The number of carbonyl (C=O) groups excluding carboxylic acids is 2. The van der Waals surface area contributed by atoms with Crippen LogP contribution in [0.4, 0.5) is 0 Å². The van der Waals surface area contributed by atoms with E-state index in [4.69, 9.17) is 0 Å². The molecule has 100 valence electrons. The summed E-state index contributed by atoms with van der Waals surface area (Å²) in [5.41, 5.74) is 0.961. The molecule has 6 nitrogen and oxygen atoms in total. The number of nitrogens with zero attached hydrogens (tertiary/aromatic N) is 1. The summed E-state index contributed by atoms with van der Waals surface area (Å²) in [5, 5.41) is 7.11. The van der Waals surface area contributed by atoms with Crippen molar-refractivity contribution in [1.82, 2.24) is 20.6 Å². The number of aromatic amines is 1. The van der Waals surface area contributed by atoms with Crippen molar-refractivity contribution in [2.45, 2.75) is 6.42 Å². The third kappa shape index (κ3) is 4.22. The van der Waals surface area contributed by atoms with Crippen molar-refractivity contribution in [2.24, 2.45) is 0 Å². The van der Waals surface area contributed by atoms with Gasteiger partial charge in [0.25, 0.3) is 5.91 Å². The number of H-pyrrole nitrogens is 1. The summed E-state index contributed by atoms with van der Waals surface area (Å²) in [4.78, 5) is 30.5. The Morgan fingerprint density at radius 1 is 1.37 bits per heavy atom. The number of aromatic nitrogens is 2. The molecule has 2 rings (SSSR count). The van der Waals surface area contributed by atoms with Gasteiger partial charge in [0.2, 0.25) is 5.91 Å². The van der Waals surface area contributed by atoms with Crippen LogP contribution in [0.3, 0.4) is 0 Å². The fourth-order valence-electron chi connectivity index (χ4n) is 1.48. The van der Waals surface area contributed by atoms with E-state index in [2.05, 4.69) is 20.6 Å².